The monoisotopic (exact) mass is 290 g/mol. The summed E-state index contributed by atoms with van der Waals surface area (Å²) in [4.78, 5) is 11.7. The van der Waals surface area contributed by atoms with Gasteiger partial charge in [0.05, 0.1) is 7.11 Å². The van der Waals surface area contributed by atoms with Gasteiger partial charge in [0.25, 0.3) is 0 Å². The van der Waals surface area contributed by atoms with Crippen LogP contribution in [0.3, 0.4) is 0 Å². The van der Waals surface area contributed by atoms with Crippen molar-refractivity contribution in [3.63, 3.8) is 0 Å². The van der Waals surface area contributed by atoms with E-state index < -0.39 is 24.5 Å². The van der Waals surface area contributed by atoms with E-state index >= 15 is 0 Å². The van der Waals surface area contributed by atoms with Crippen LogP contribution in [0, 0.1) is 0 Å². The van der Waals surface area contributed by atoms with E-state index in [1.807, 2.05) is 0 Å². The zero-order chi connectivity index (χ0) is 13.3. The van der Waals surface area contributed by atoms with E-state index in [2.05, 4.69) is 4.74 Å². The highest BCUT2D eigenvalue weighted by Crippen LogP contribution is 2.40. The summed E-state index contributed by atoms with van der Waals surface area (Å²) in [7, 11) is 1.29. The molecule has 0 unspecified atom stereocenters. The Morgan fingerprint density at radius 3 is 2.44 bits per heavy atom. The molecule has 0 bridgehead atoms. The predicted octanol–water partition coefficient (Wildman–Crippen LogP) is 2.97. The second kappa shape index (κ2) is 5.45. The normalized spacial score (nSPS) is 27.2. The smallest absolute Gasteiger partial charge is 0.338 e. The van der Waals surface area contributed by atoms with Gasteiger partial charge in [0.2, 0.25) is 0 Å². The van der Waals surface area contributed by atoms with Crippen LogP contribution < -0.4 is 0 Å². The van der Waals surface area contributed by atoms with Crippen molar-refractivity contribution in [1.29, 1.82) is 0 Å². The Hall–Kier alpha value is -0.810. The van der Waals surface area contributed by atoms with Gasteiger partial charge in [0, 0.05) is 15.6 Å². The van der Waals surface area contributed by atoms with Crippen molar-refractivity contribution in [2.45, 2.75) is 25.4 Å². The fraction of sp³-hybridized carbons (Fsp3) is 0.417. The number of esters is 1. The maximum atomic E-state index is 11.7. The van der Waals surface area contributed by atoms with Crippen molar-refractivity contribution in [2.75, 3.05) is 7.11 Å². The van der Waals surface area contributed by atoms with E-state index in [1.165, 1.54) is 7.11 Å². The molecule has 6 heteroatoms. The third-order valence-corrected chi connectivity index (χ3v) is 3.33. The first-order valence-electron chi connectivity index (χ1n) is 5.37. The van der Waals surface area contributed by atoms with E-state index in [4.69, 9.17) is 32.7 Å². The molecule has 0 spiro atoms. The van der Waals surface area contributed by atoms with Gasteiger partial charge in [-0.1, -0.05) is 29.3 Å². The molecule has 0 aromatic heterocycles. The number of benzene rings is 1. The zero-order valence-electron chi connectivity index (χ0n) is 9.85. The molecule has 1 heterocycles. The van der Waals surface area contributed by atoms with Crippen LogP contribution in [0.5, 0.6) is 0 Å². The molecule has 0 amide bonds. The van der Waals surface area contributed by atoms with Crippen LogP contribution in [-0.2, 0) is 19.0 Å². The fourth-order valence-corrected chi connectivity index (χ4v) is 2.50. The van der Waals surface area contributed by atoms with E-state index in [0.29, 0.717) is 15.6 Å². The summed E-state index contributed by atoms with van der Waals surface area (Å²) in [6, 6.07) is 5.09. The van der Waals surface area contributed by atoms with Gasteiger partial charge in [0.1, 0.15) is 6.10 Å². The minimum atomic E-state index is -0.859. The van der Waals surface area contributed by atoms with Crippen LogP contribution in [0.15, 0.2) is 18.2 Å². The predicted molar refractivity (Wildman–Crippen MR) is 66.6 cm³/mol. The topological polar surface area (TPSA) is 44.8 Å². The van der Waals surface area contributed by atoms with Gasteiger partial charge in [0.15, 0.2) is 12.4 Å². The third kappa shape index (κ3) is 2.47. The Morgan fingerprint density at radius 1 is 1.28 bits per heavy atom. The minimum Gasteiger partial charge on any atom is -0.467 e. The van der Waals surface area contributed by atoms with Crippen LogP contribution in [0.2, 0.25) is 10.0 Å². The number of carbonyl (C=O) groups is 1. The second-order valence-corrected chi connectivity index (χ2v) is 4.65. The maximum absolute atomic E-state index is 11.7. The maximum Gasteiger partial charge on any atom is 0.338 e. The number of halogens is 2. The summed E-state index contributed by atoms with van der Waals surface area (Å²) in [6.45, 7) is 1.70. The molecule has 0 saturated carbocycles. The Bertz CT molecular complexity index is 443. The highest BCUT2D eigenvalue weighted by atomic mass is 35.5. The third-order valence-electron chi connectivity index (χ3n) is 2.67. The first-order chi connectivity index (χ1) is 8.54. The lowest BCUT2D eigenvalue weighted by Gasteiger charge is -2.17. The molecule has 3 atom stereocenters. The van der Waals surface area contributed by atoms with E-state index in [0.717, 1.165) is 0 Å². The summed E-state index contributed by atoms with van der Waals surface area (Å²) in [5.74, 6) is -0.514. The summed E-state index contributed by atoms with van der Waals surface area (Å²) in [5.41, 5.74) is 0.542. The van der Waals surface area contributed by atoms with Crippen LogP contribution in [0.1, 0.15) is 18.6 Å². The molecule has 1 fully saturated rings. The van der Waals surface area contributed by atoms with Crippen LogP contribution in [-0.4, -0.2) is 25.5 Å². The van der Waals surface area contributed by atoms with Crippen molar-refractivity contribution in [3.8, 4) is 0 Å². The molecule has 1 aliphatic heterocycles. The molecule has 1 aliphatic rings. The SMILES string of the molecule is COC(=O)[C@H]1O[C@@H](C)O[C@H]1c1c(Cl)cccc1Cl. The average molecular weight is 291 g/mol. The highest BCUT2D eigenvalue weighted by Gasteiger charge is 2.42. The molecule has 0 N–H and O–H groups in total. The first-order valence-corrected chi connectivity index (χ1v) is 6.13. The Labute approximate surface area is 115 Å². The van der Waals surface area contributed by atoms with E-state index in [1.54, 1.807) is 25.1 Å². The van der Waals surface area contributed by atoms with Crippen molar-refractivity contribution >= 4 is 29.2 Å². The van der Waals surface area contributed by atoms with Gasteiger partial charge in [-0.2, -0.15) is 0 Å². The molecule has 18 heavy (non-hydrogen) atoms. The molecule has 0 radical (unpaired) electrons. The molecular formula is C12H12Cl2O4. The first kappa shape index (κ1) is 13.6. The lowest BCUT2D eigenvalue weighted by Crippen LogP contribution is -2.27. The van der Waals surface area contributed by atoms with Crippen molar-refractivity contribution in [3.05, 3.63) is 33.8 Å². The van der Waals surface area contributed by atoms with E-state index in [9.17, 15) is 4.79 Å². The summed E-state index contributed by atoms with van der Waals surface area (Å²) >= 11 is 12.2. The number of carbonyl (C=O) groups excluding carboxylic acids is 1. The summed E-state index contributed by atoms with van der Waals surface area (Å²) in [6.07, 6.45) is -2.04. The average Bonchev–Trinajstić information content (AvgIpc) is 2.70. The zero-order valence-corrected chi connectivity index (χ0v) is 11.4. The molecular weight excluding hydrogens is 279 g/mol. The van der Waals surface area contributed by atoms with Gasteiger partial charge in [-0.25, -0.2) is 4.79 Å². The summed E-state index contributed by atoms with van der Waals surface area (Å²) < 4.78 is 15.6. The van der Waals surface area contributed by atoms with Crippen LogP contribution in [0.25, 0.3) is 0 Å². The van der Waals surface area contributed by atoms with Crippen molar-refractivity contribution in [1.82, 2.24) is 0 Å². The van der Waals surface area contributed by atoms with Gasteiger partial charge < -0.3 is 14.2 Å². The molecule has 1 aromatic rings. The molecule has 98 valence electrons. The molecule has 2 rings (SSSR count). The van der Waals surface area contributed by atoms with Gasteiger partial charge in [-0.15, -0.1) is 0 Å². The molecule has 0 aliphatic carbocycles. The largest absolute Gasteiger partial charge is 0.467 e. The number of ether oxygens (including phenoxy) is 3. The lowest BCUT2D eigenvalue weighted by atomic mass is 10.0. The molecule has 1 saturated heterocycles. The number of methoxy groups -OCH3 is 1. The van der Waals surface area contributed by atoms with Crippen molar-refractivity contribution in [2.24, 2.45) is 0 Å². The second-order valence-electron chi connectivity index (χ2n) is 3.84. The Balaban J connectivity index is 2.39. The number of hydrogen-bond acceptors (Lipinski definition) is 4. The van der Waals surface area contributed by atoms with Crippen LogP contribution >= 0.6 is 23.2 Å². The number of hydrogen-bond donors (Lipinski definition) is 0. The quantitative estimate of drug-likeness (QED) is 0.786. The molecule has 1 aromatic carbocycles. The van der Waals surface area contributed by atoms with Crippen molar-refractivity contribution < 1.29 is 19.0 Å². The van der Waals surface area contributed by atoms with E-state index in [-0.39, 0.29) is 0 Å². The van der Waals surface area contributed by atoms with Gasteiger partial charge in [-0.05, 0) is 19.1 Å². The minimum absolute atomic E-state index is 0.430. The van der Waals surface area contributed by atoms with Crippen LogP contribution in [0.4, 0.5) is 0 Å². The fourth-order valence-electron chi connectivity index (χ4n) is 1.88. The number of rotatable bonds is 2. The molecule has 4 nitrogen and oxygen atoms in total. The highest BCUT2D eigenvalue weighted by molar-refractivity contribution is 6.36. The standard InChI is InChI=1S/C12H12Cl2O4/c1-6-17-10(11(18-6)12(15)16-2)9-7(13)4-3-5-8(9)14/h3-6,10-11H,1-2H3/t6-,10-,11-/m0/s1. The summed E-state index contributed by atoms with van der Waals surface area (Å²) in [5, 5.41) is 0.859. The van der Waals surface area contributed by atoms with Gasteiger partial charge >= 0.3 is 5.97 Å². The Morgan fingerprint density at radius 2 is 1.89 bits per heavy atom. The lowest BCUT2D eigenvalue weighted by molar-refractivity contribution is -0.153. The van der Waals surface area contributed by atoms with Gasteiger partial charge in [-0.3, -0.25) is 0 Å². The Kier molecular flexibility index (Phi) is 4.12.